The first-order valence-corrected chi connectivity index (χ1v) is 7.65. The van der Waals surface area contributed by atoms with Gasteiger partial charge in [0.05, 0.1) is 0 Å². The molecule has 0 spiro atoms. The molecule has 3 nitrogen and oxygen atoms in total. The molecule has 2 aromatic carbocycles. The number of carbonyl (C=O) groups is 1. The molecule has 5 heteroatoms. The van der Waals surface area contributed by atoms with E-state index in [1.165, 1.54) is 11.8 Å². The van der Waals surface area contributed by atoms with Crippen molar-refractivity contribution in [1.82, 2.24) is 0 Å². The number of phenolic OH excluding ortho intramolecular Hbond substituents is 1. The summed E-state index contributed by atoms with van der Waals surface area (Å²) in [5.41, 5.74) is 0. The highest BCUT2D eigenvalue weighted by Crippen LogP contribution is 2.26. The number of rotatable bonds is 4. The van der Waals surface area contributed by atoms with Gasteiger partial charge in [-0.15, -0.1) is 11.8 Å². The molecule has 0 radical (unpaired) electrons. The lowest BCUT2D eigenvalue weighted by molar-refractivity contribution is -0.133. The monoisotopic (exact) mass is 352 g/mol. The number of phenols is 1. The van der Waals surface area contributed by atoms with Crippen LogP contribution in [0, 0.1) is 0 Å². The lowest BCUT2D eigenvalue weighted by atomic mass is 10.3. The molecule has 0 aliphatic carbocycles. The fourth-order valence-electron chi connectivity index (χ4n) is 1.51. The van der Waals surface area contributed by atoms with Crippen molar-refractivity contribution in [1.29, 1.82) is 0 Å². The summed E-state index contributed by atoms with van der Waals surface area (Å²) in [5.74, 6) is 0.419. The number of hydrogen-bond donors (Lipinski definition) is 1. The van der Waals surface area contributed by atoms with E-state index in [9.17, 15) is 9.90 Å². The number of esters is 1. The second kappa shape index (κ2) is 6.81. The largest absolute Gasteiger partial charge is 0.508 e. The van der Waals surface area contributed by atoms with Gasteiger partial charge in [-0.3, -0.25) is 4.79 Å². The standard InChI is InChI=1S/C15H13BrO3S/c1-10(20-14-7-5-12(17)6-8-14)15(18)19-13-4-2-3-11(16)9-13/h2-10,17H,1H3. The summed E-state index contributed by atoms with van der Waals surface area (Å²) in [6.07, 6.45) is 0. The van der Waals surface area contributed by atoms with Crippen molar-refractivity contribution in [3.05, 3.63) is 53.0 Å². The molecular weight excluding hydrogens is 340 g/mol. The van der Waals surface area contributed by atoms with Gasteiger partial charge in [0, 0.05) is 9.37 Å². The van der Waals surface area contributed by atoms with E-state index in [0.717, 1.165) is 9.37 Å². The van der Waals surface area contributed by atoms with Crippen LogP contribution in [0.4, 0.5) is 0 Å². The van der Waals surface area contributed by atoms with Gasteiger partial charge in [0.15, 0.2) is 0 Å². The van der Waals surface area contributed by atoms with Crippen LogP contribution in [0.2, 0.25) is 0 Å². The number of ether oxygens (including phenoxy) is 1. The Hall–Kier alpha value is -1.46. The Labute approximate surface area is 130 Å². The summed E-state index contributed by atoms with van der Waals surface area (Å²) >= 11 is 4.72. The molecule has 1 N–H and O–H groups in total. The van der Waals surface area contributed by atoms with E-state index >= 15 is 0 Å². The van der Waals surface area contributed by atoms with E-state index < -0.39 is 0 Å². The third kappa shape index (κ3) is 4.28. The predicted octanol–water partition coefficient (Wildman–Crippen LogP) is 4.24. The minimum atomic E-state index is -0.335. The Morgan fingerprint density at radius 2 is 1.95 bits per heavy atom. The van der Waals surface area contributed by atoms with Gasteiger partial charge in [0.25, 0.3) is 0 Å². The summed E-state index contributed by atoms with van der Waals surface area (Å²) in [6.45, 7) is 1.79. The number of carbonyl (C=O) groups excluding carboxylic acids is 1. The van der Waals surface area contributed by atoms with E-state index in [4.69, 9.17) is 4.74 Å². The first-order chi connectivity index (χ1) is 9.54. The first kappa shape index (κ1) is 14.9. The Morgan fingerprint density at radius 1 is 1.25 bits per heavy atom. The average Bonchev–Trinajstić information content (AvgIpc) is 2.41. The minimum absolute atomic E-state index is 0.207. The van der Waals surface area contributed by atoms with E-state index in [2.05, 4.69) is 15.9 Å². The Morgan fingerprint density at radius 3 is 2.60 bits per heavy atom. The van der Waals surface area contributed by atoms with Crippen molar-refractivity contribution in [2.45, 2.75) is 17.1 Å². The van der Waals surface area contributed by atoms with Crippen molar-refractivity contribution in [2.24, 2.45) is 0 Å². The molecule has 0 fully saturated rings. The third-order valence-electron chi connectivity index (χ3n) is 2.50. The maximum Gasteiger partial charge on any atom is 0.324 e. The van der Waals surface area contributed by atoms with Gasteiger partial charge >= 0.3 is 5.97 Å². The zero-order valence-corrected chi connectivity index (χ0v) is 13.1. The van der Waals surface area contributed by atoms with Gasteiger partial charge in [-0.1, -0.05) is 22.0 Å². The second-order valence-corrected chi connectivity index (χ2v) is 6.46. The molecule has 0 heterocycles. The van der Waals surface area contributed by atoms with Crippen LogP contribution in [0.5, 0.6) is 11.5 Å². The number of thioether (sulfide) groups is 1. The van der Waals surface area contributed by atoms with E-state index in [1.807, 2.05) is 12.1 Å². The van der Waals surface area contributed by atoms with E-state index in [-0.39, 0.29) is 17.0 Å². The zero-order chi connectivity index (χ0) is 14.5. The highest BCUT2D eigenvalue weighted by Gasteiger charge is 2.17. The molecule has 1 unspecified atom stereocenters. The van der Waals surface area contributed by atoms with Gasteiger partial charge in [0.2, 0.25) is 0 Å². The van der Waals surface area contributed by atoms with Gasteiger partial charge in [-0.25, -0.2) is 0 Å². The first-order valence-electron chi connectivity index (χ1n) is 5.97. The maximum absolute atomic E-state index is 12.0. The molecule has 0 saturated heterocycles. The molecule has 20 heavy (non-hydrogen) atoms. The topological polar surface area (TPSA) is 46.5 Å². The van der Waals surface area contributed by atoms with Crippen molar-refractivity contribution in [3.63, 3.8) is 0 Å². The molecule has 0 aromatic heterocycles. The fourth-order valence-corrected chi connectivity index (χ4v) is 2.73. The van der Waals surface area contributed by atoms with Gasteiger partial charge in [0.1, 0.15) is 16.7 Å². The van der Waals surface area contributed by atoms with E-state index in [0.29, 0.717) is 5.75 Å². The molecule has 0 aliphatic heterocycles. The van der Waals surface area contributed by atoms with E-state index in [1.54, 1.807) is 43.3 Å². The Kier molecular flexibility index (Phi) is 5.09. The quantitative estimate of drug-likeness (QED) is 0.507. The molecule has 1 atom stereocenters. The van der Waals surface area contributed by atoms with Crippen molar-refractivity contribution in [2.75, 3.05) is 0 Å². The Bertz CT molecular complexity index is 598. The summed E-state index contributed by atoms with van der Waals surface area (Å²) in [6, 6.07) is 13.9. The normalized spacial score (nSPS) is 11.9. The minimum Gasteiger partial charge on any atom is -0.508 e. The van der Waals surface area contributed by atoms with Crippen LogP contribution in [0.3, 0.4) is 0 Å². The highest BCUT2D eigenvalue weighted by atomic mass is 79.9. The van der Waals surface area contributed by atoms with Crippen LogP contribution >= 0.6 is 27.7 Å². The van der Waals surface area contributed by atoms with Gasteiger partial charge in [-0.05, 0) is 49.4 Å². The van der Waals surface area contributed by atoms with Crippen LogP contribution in [0.25, 0.3) is 0 Å². The lowest BCUT2D eigenvalue weighted by Crippen LogP contribution is -2.19. The smallest absolute Gasteiger partial charge is 0.324 e. The fraction of sp³-hybridized carbons (Fsp3) is 0.133. The average molecular weight is 353 g/mol. The van der Waals surface area contributed by atoms with Gasteiger partial charge < -0.3 is 9.84 Å². The van der Waals surface area contributed by atoms with Crippen LogP contribution in [0.15, 0.2) is 57.9 Å². The number of hydrogen-bond acceptors (Lipinski definition) is 4. The summed E-state index contributed by atoms with van der Waals surface area (Å²) < 4.78 is 6.18. The molecular formula is C15H13BrO3S. The number of aromatic hydroxyl groups is 1. The lowest BCUT2D eigenvalue weighted by Gasteiger charge is -2.11. The maximum atomic E-state index is 12.0. The van der Waals surface area contributed by atoms with Crippen molar-refractivity contribution < 1.29 is 14.6 Å². The van der Waals surface area contributed by atoms with Crippen LogP contribution < -0.4 is 4.74 Å². The summed E-state index contributed by atoms with van der Waals surface area (Å²) in [5, 5.41) is 8.88. The van der Waals surface area contributed by atoms with Crippen molar-refractivity contribution >= 4 is 33.7 Å². The third-order valence-corrected chi connectivity index (χ3v) is 4.08. The molecule has 0 bridgehead atoms. The van der Waals surface area contributed by atoms with Crippen LogP contribution in [0.1, 0.15) is 6.92 Å². The van der Waals surface area contributed by atoms with Crippen molar-refractivity contribution in [3.8, 4) is 11.5 Å². The summed E-state index contributed by atoms with van der Waals surface area (Å²) in [7, 11) is 0. The molecule has 0 aliphatic rings. The zero-order valence-electron chi connectivity index (χ0n) is 10.7. The Balaban J connectivity index is 1.96. The highest BCUT2D eigenvalue weighted by molar-refractivity contribution is 9.10. The number of benzene rings is 2. The predicted molar refractivity (Wildman–Crippen MR) is 83.2 cm³/mol. The summed E-state index contributed by atoms with van der Waals surface area (Å²) in [4.78, 5) is 12.9. The molecule has 2 aromatic rings. The van der Waals surface area contributed by atoms with Crippen LogP contribution in [-0.2, 0) is 4.79 Å². The molecule has 0 amide bonds. The molecule has 104 valence electrons. The van der Waals surface area contributed by atoms with Crippen LogP contribution in [-0.4, -0.2) is 16.3 Å². The SMILES string of the molecule is CC(Sc1ccc(O)cc1)C(=O)Oc1cccc(Br)c1. The second-order valence-electron chi connectivity index (χ2n) is 4.13. The molecule has 0 saturated carbocycles. The number of halogens is 1. The molecule has 2 rings (SSSR count). The van der Waals surface area contributed by atoms with Gasteiger partial charge in [-0.2, -0.15) is 0 Å².